The quantitative estimate of drug-likeness (QED) is 0.0401. The van der Waals surface area contributed by atoms with Crippen LogP contribution in [0.1, 0.15) is 194 Å². The molecule has 0 saturated carbocycles. The molecule has 2 heteroatoms. The number of allylic oxidation sites excluding steroid dienone is 6. The molecule has 0 aliphatic carbocycles. The smallest absolute Gasteiger partial charge is 0.0575 e. The third-order valence-corrected chi connectivity index (χ3v) is 8.64. The first-order valence-electron chi connectivity index (χ1n) is 19.9. The van der Waals surface area contributed by atoms with Gasteiger partial charge in [-0.3, -0.25) is 0 Å². The Labute approximate surface area is 284 Å². The highest BCUT2D eigenvalue weighted by molar-refractivity contribution is 5.04. The molecule has 0 rings (SSSR count). The van der Waals surface area contributed by atoms with Crippen LogP contribution in [0.25, 0.3) is 0 Å². The van der Waals surface area contributed by atoms with Crippen LogP contribution in [-0.4, -0.2) is 38.3 Å². The van der Waals surface area contributed by atoms with Crippen LogP contribution >= 0.6 is 0 Å². The van der Waals surface area contributed by atoms with E-state index in [1.165, 1.54) is 167 Å². The summed E-state index contributed by atoms with van der Waals surface area (Å²) >= 11 is 0. The summed E-state index contributed by atoms with van der Waals surface area (Å²) in [6, 6.07) is 0. The van der Waals surface area contributed by atoms with Crippen molar-refractivity contribution >= 4 is 0 Å². The zero-order valence-corrected chi connectivity index (χ0v) is 31.1. The van der Waals surface area contributed by atoms with Crippen molar-refractivity contribution in [1.29, 1.82) is 0 Å². The van der Waals surface area contributed by atoms with E-state index in [1.54, 1.807) is 0 Å². The minimum absolute atomic E-state index is 0.482. The van der Waals surface area contributed by atoms with Gasteiger partial charge in [0.2, 0.25) is 0 Å². The second kappa shape index (κ2) is 38.9. The van der Waals surface area contributed by atoms with Crippen molar-refractivity contribution in [2.24, 2.45) is 0 Å². The molecule has 1 atom stereocenters. The van der Waals surface area contributed by atoms with E-state index in [4.69, 9.17) is 4.74 Å². The van der Waals surface area contributed by atoms with Crippen LogP contribution in [-0.2, 0) is 4.74 Å². The van der Waals surface area contributed by atoms with Gasteiger partial charge in [-0.25, -0.2) is 0 Å². The van der Waals surface area contributed by atoms with Crippen molar-refractivity contribution in [3.05, 3.63) is 36.5 Å². The molecule has 0 aliphatic heterocycles. The number of unbranched alkanes of at least 4 members (excludes halogenated alkanes) is 19. The SMILES string of the molecule is CCCCCC#CCC=CCCCCCCCCC(CCCCCCCCC=CCC=CCCCCC)OCCCCN(C)C. The predicted molar refractivity (Wildman–Crippen MR) is 204 cm³/mol. The topological polar surface area (TPSA) is 12.5 Å². The predicted octanol–water partition coefficient (Wildman–Crippen LogP) is 13.6. The Morgan fingerprint density at radius 3 is 1.60 bits per heavy atom. The normalized spacial score (nSPS) is 12.6. The number of rotatable bonds is 34. The number of ether oxygens (including phenoxy) is 1. The minimum Gasteiger partial charge on any atom is -0.378 e. The van der Waals surface area contributed by atoms with E-state index < -0.39 is 0 Å². The first-order valence-corrected chi connectivity index (χ1v) is 19.9. The lowest BCUT2D eigenvalue weighted by Crippen LogP contribution is -2.16. The van der Waals surface area contributed by atoms with Crippen molar-refractivity contribution in [3.63, 3.8) is 0 Å². The summed E-state index contributed by atoms with van der Waals surface area (Å²) in [5.41, 5.74) is 0. The Kier molecular flexibility index (Phi) is 37.8. The standard InChI is InChI=1S/C43H79NO/c1-5-7-9-11-13-15-17-19-21-23-25-27-29-31-33-35-39-43(45-42-38-37-41-44(3)4)40-36-34-32-30-28-26-24-22-20-18-16-14-12-10-8-6-2/h13,15,19-22,43H,5-12,17-18,23-42H2,1-4H3. The van der Waals surface area contributed by atoms with Crippen LogP contribution in [0.4, 0.5) is 0 Å². The van der Waals surface area contributed by atoms with Crippen molar-refractivity contribution in [3.8, 4) is 11.8 Å². The Hall–Kier alpha value is -1.30. The molecular weight excluding hydrogens is 546 g/mol. The molecule has 45 heavy (non-hydrogen) atoms. The first kappa shape index (κ1) is 43.7. The van der Waals surface area contributed by atoms with E-state index in [9.17, 15) is 0 Å². The fraction of sp³-hybridized carbons (Fsp3) is 0.814. The van der Waals surface area contributed by atoms with Crippen LogP contribution < -0.4 is 0 Å². The van der Waals surface area contributed by atoms with E-state index in [1.807, 2.05) is 0 Å². The van der Waals surface area contributed by atoms with Crippen LogP contribution in [0, 0.1) is 11.8 Å². The molecule has 262 valence electrons. The zero-order chi connectivity index (χ0) is 32.7. The lowest BCUT2D eigenvalue weighted by molar-refractivity contribution is 0.0353. The molecule has 0 heterocycles. The Morgan fingerprint density at radius 2 is 1.02 bits per heavy atom. The molecule has 0 N–H and O–H groups in total. The molecule has 0 aliphatic rings. The first-order chi connectivity index (χ1) is 22.2. The largest absolute Gasteiger partial charge is 0.378 e. The number of hydrogen-bond donors (Lipinski definition) is 0. The fourth-order valence-electron chi connectivity index (χ4n) is 5.68. The van der Waals surface area contributed by atoms with Gasteiger partial charge in [0, 0.05) is 19.4 Å². The maximum atomic E-state index is 6.42. The lowest BCUT2D eigenvalue weighted by atomic mass is 10.0. The molecule has 0 aromatic carbocycles. The van der Waals surface area contributed by atoms with E-state index in [0.29, 0.717) is 6.10 Å². The highest BCUT2D eigenvalue weighted by Crippen LogP contribution is 2.18. The highest BCUT2D eigenvalue weighted by Gasteiger charge is 2.09. The Morgan fingerprint density at radius 1 is 0.511 bits per heavy atom. The average molecular weight is 626 g/mol. The second-order valence-electron chi connectivity index (χ2n) is 13.6. The van der Waals surface area contributed by atoms with Crippen molar-refractivity contribution in [2.45, 2.75) is 200 Å². The summed E-state index contributed by atoms with van der Waals surface area (Å²) in [7, 11) is 4.33. The van der Waals surface area contributed by atoms with Crippen LogP contribution in [0.5, 0.6) is 0 Å². The minimum atomic E-state index is 0.482. The van der Waals surface area contributed by atoms with Gasteiger partial charge in [0.1, 0.15) is 0 Å². The van der Waals surface area contributed by atoms with E-state index in [0.717, 1.165) is 25.9 Å². The summed E-state index contributed by atoms with van der Waals surface area (Å²) in [5.74, 6) is 6.59. The van der Waals surface area contributed by atoms with Gasteiger partial charge in [0.05, 0.1) is 6.10 Å². The number of nitrogens with zero attached hydrogens (tertiary/aromatic N) is 1. The Bertz CT molecular complexity index is 709. The molecule has 0 aromatic heterocycles. The molecule has 1 unspecified atom stereocenters. The van der Waals surface area contributed by atoms with Crippen molar-refractivity contribution < 1.29 is 4.74 Å². The van der Waals surface area contributed by atoms with Gasteiger partial charge in [0.15, 0.2) is 0 Å². The summed E-state index contributed by atoms with van der Waals surface area (Å²) in [6.07, 6.45) is 50.6. The molecule has 0 aromatic rings. The number of hydrogen-bond acceptors (Lipinski definition) is 2. The molecular formula is C43H79NO. The summed E-state index contributed by atoms with van der Waals surface area (Å²) in [6.45, 7) is 6.63. The maximum Gasteiger partial charge on any atom is 0.0575 e. The van der Waals surface area contributed by atoms with E-state index in [-0.39, 0.29) is 0 Å². The fourth-order valence-corrected chi connectivity index (χ4v) is 5.68. The van der Waals surface area contributed by atoms with Gasteiger partial charge >= 0.3 is 0 Å². The third kappa shape index (κ3) is 38.8. The van der Waals surface area contributed by atoms with Gasteiger partial charge in [0.25, 0.3) is 0 Å². The molecule has 0 bridgehead atoms. The molecule has 0 radical (unpaired) electrons. The molecule has 2 nitrogen and oxygen atoms in total. The zero-order valence-electron chi connectivity index (χ0n) is 31.1. The van der Waals surface area contributed by atoms with Crippen LogP contribution in [0.15, 0.2) is 36.5 Å². The summed E-state index contributed by atoms with van der Waals surface area (Å²) in [4.78, 5) is 2.28. The van der Waals surface area contributed by atoms with Crippen LogP contribution in [0.3, 0.4) is 0 Å². The average Bonchev–Trinajstić information content (AvgIpc) is 3.03. The van der Waals surface area contributed by atoms with Gasteiger partial charge in [-0.2, -0.15) is 0 Å². The van der Waals surface area contributed by atoms with Gasteiger partial charge in [-0.1, -0.05) is 146 Å². The van der Waals surface area contributed by atoms with Gasteiger partial charge < -0.3 is 9.64 Å². The maximum absolute atomic E-state index is 6.42. The Balaban J connectivity index is 3.90. The molecule has 0 spiro atoms. The molecule has 0 fully saturated rings. The van der Waals surface area contributed by atoms with E-state index >= 15 is 0 Å². The van der Waals surface area contributed by atoms with Crippen molar-refractivity contribution in [2.75, 3.05) is 27.2 Å². The molecule has 0 saturated heterocycles. The third-order valence-electron chi connectivity index (χ3n) is 8.64. The second-order valence-corrected chi connectivity index (χ2v) is 13.6. The van der Waals surface area contributed by atoms with Crippen LogP contribution in [0.2, 0.25) is 0 Å². The van der Waals surface area contributed by atoms with Gasteiger partial charge in [-0.05, 0) is 97.7 Å². The van der Waals surface area contributed by atoms with E-state index in [2.05, 4.69) is 81.1 Å². The summed E-state index contributed by atoms with van der Waals surface area (Å²) < 4.78 is 6.42. The molecule has 0 amide bonds. The lowest BCUT2D eigenvalue weighted by Gasteiger charge is -2.18. The highest BCUT2D eigenvalue weighted by atomic mass is 16.5. The van der Waals surface area contributed by atoms with Gasteiger partial charge in [-0.15, -0.1) is 5.92 Å². The van der Waals surface area contributed by atoms with Crippen molar-refractivity contribution in [1.82, 2.24) is 4.90 Å². The summed E-state index contributed by atoms with van der Waals surface area (Å²) in [5, 5.41) is 0. The monoisotopic (exact) mass is 626 g/mol.